The van der Waals surface area contributed by atoms with Crippen LogP contribution in [-0.4, -0.2) is 24.1 Å². The number of piperidine rings is 1. The molecule has 7 heteroatoms. The summed E-state index contributed by atoms with van der Waals surface area (Å²) in [5.74, 6) is -0.318. The van der Waals surface area contributed by atoms with Crippen molar-refractivity contribution >= 4 is 40.5 Å². The number of amides is 1. The first-order valence-electron chi connectivity index (χ1n) is 8.22. The maximum absolute atomic E-state index is 12.5. The maximum Gasteiger partial charge on any atom is 0.227 e. The molecule has 2 aromatic carbocycles. The highest BCUT2D eigenvalue weighted by Crippen LogP contribution is 2.30. The fraction of sp³-hybridized carbons (Fsp3) is 0.263. The van der Waals surface area contributed by atoms with E-state index in [2.05, 4.69) is 16.3 Å². The average molecular weight is 390 g/mol. The number of halogens is 2. The molecule has 134 valence electrons. The standard InChI is InChI=1S/C19H17Cl2N3O2/c20-14-1-3-17(13(9-14)11-22)24-7-5-12(6-8-24)19(26)23-16-10-15(21)2-4-18(16)25/h1-4,9-10,12,25H,5-8H2,(H,23,26). The van der Waals surface area contributed by atoms with Crippen molar-refractivity contribution in [1.82, 2.24) is 0 Å². The molecule has 1 aliphatic heterocycles. The first kappa shape index (κ1) is 18.4. The molecular weight excluding hydrogens is 373 g/mol. The van der Waals surface area contributed by atoms with Crippen molar-refractivity contribution in [1.29, 1.82) is 5.26 Å². The van der Waals surface area contributed by atoms with Crippen LogP contribution in [-0.2, 0) is 4.79 Å². The predicted molar refractivity (Wildman–Crippen MR) is 103 cm³/mol. The van der Waals surface area contributed by atoms with Crippen LogP contribution in [0.5, 0.6) is 5.75 Å². The lowest BCUT2D eigenvalue weighted by Crippen LogP contribution is -2.38. The molecule has 1 saturated heterocycles. The van der Waals surface area contributed by atoms with E-state index in [1.807, 2.05) is 6.07 Å². The molecule has 2 N–H and O–H groups in total. The van der Waals surface area contributed by atoms with Gasteiger partial charge in [-0.15, -0.1) is 0 Å². The minimum absolute atomic E-state index is 0.0139. The van der Waals surface area contributed by atoms with Crippen LogP contribution in [0.3, 0.4) is 0 Å². The van der Waals surface area contributed by atoms with Gasteiger partial charge in [-0.05, 0) is 49.2 Å². The van der Waals surface area contributed by atoms with Gasteiger partial charge in [0.1, 0.15) is 11.8 Å². The van der Waals surface area contributed by atoms with Crippen LogP contribution in [0.1, 0.15) is 18.4 Å². The zero-order valence-electron chi connectivity index (χ0n) is 13.9. The number of hydrogen-bond donors (Lipinski definition) is 2. The average Bonchev–Trinajstić information content (AvgIpc) is 2.64. The summed E-state index contributed by atoms with van der Waals surface area (Å²) >= 11 is 11.9. The number of phenolic OH excluding ortho intramolecular Hbond substituents is 1. The van der Waals surface area contributed by atoms with Crippen molar-refractivity contribution in [2.24, 2.45) is 5.92 Å². The smallest absolute Gasteiger partial charge is 0.227 e. The van der Waals surface area contributed by atoms with Crippen LogP contribution >= 0.6 is 23.2 Å². The summed E-state index contributed by atoms with van der Waals surface area (Å²) in [7, 11) is 0. The van der Waals surface area contributed by atoms with Gasteiger partial charge in [0.25, 0.3) is 0 Å². The largest absolute Gasteiger partial charge is 0.506 e. The molecule has 1 amide bonds. The number of carbonyl (C=O) groups is 1. The number of nitriles is 1. The topological polar surface area (TPSA) is 76.4 Å². The molecule has 2 aromatic rings. The van der Waals surface area contributed by atoms with E-state index in [1.54, 1.807) is 18.2 Å². The van der Waals surface area contributed by atoms with Gasteiger partial charge < -0.3 is 15.3 Å². The lowest BCUT2D eigenvalue weighted by Gasteiger charge is -2.33. The molecule has 3 rings (SSSR count). The van der Waals surface area contributed by atoms with Crippen LogP contribution in [0.2, 0.25) is 10.0 Å². The van der Waals surface area contributed by atoms with Crippen molar-refractivity contribution in [2.75, 3.05) is 23.3 Å². The summed E-state index contributed by atoms with van der Waals surface area (Å²) in [6, 6.07) is 12.0. The first-order chi connectivity index (χ1) is 12.5. The molecule has 1 heterocycles. The third kappa shape index (κ3) is 4.04. The lowest BCUT2D eigenvalue weighted by molar-refractivity contribution is -0.120. The first-order valence-corrected chi connectivity index (χ1v) is 8.97. The fourth-order valence-corrected chi connectivity index (χ4v) is 3.44. The Morgan fingerprint density at radius 3 is 2.50 bits per heavy atom. The molecule has 5 nitrogen and oxygen atoms in total. The summed E-state index contributed by atoms with van der Waals surface area (Å²) in [5, 5.41) is 22.8. The molecule has 0 bridgehead atoms. The Balaban J connectivity index is 1.64. The van der Waals surface area contributed by atoms with Crippen molar-refractivity contribution < 1.29 is 9.90 Å². The summed E-state index contributed by atoms with van der Waals surface area (Å²) in [4.78, 5) is 14.6. The number of carbonyl (C=O) groups excluding carboxylic acids is 1. The van der Waals surface area contributed by atoms with Crippen LogP contribution < -0.4 is 10.2 Å². The highest BCUT2D eigenvalue weighted by molar-refractivity contribution is 6.31. The molecule has 0 aromatic heterocycles. The molecule has 0 spiro atoms. The van der Waals surface area contributed by atoms with E-state index in [9.17, 15) is 15.2 Å². The molecule has 26 heavy (non-hydrogen) atoms. The van der Waals surface area contributed by atoms with Crippen molar-refractivity contribution in [3.05, 3.63) is 52.0 Å². The van der Waals surface area contributed by atoms with E-state index in [0.717, 1.165) is 5.69 Å². The lowest BCUT2D eigenvalue weighted by atomic mass is 9.95. The van der Waals surface area contributed by atoms with Gasteiger partial charge in [-0.3, -0.25) is 4.79 Å². The molecule has 0 aliphatic carbocycles. The van der Waals surface area contributed by atoms with Gasteiger partial charge >= 0.3 is 0 Å². The van der Waals surface area contributed by atoms with Gasteiger partial charge in [-0.1, -0.05) is 23.2 Å². The highest BCUT2D eigenvalue weighted by atomic mass is 35.5. The van der Waals surface area contributed by atoms with Crippen LogP contribution in [0.25, 0.3) is 0 Å². The predicted octanol–water partition coefficient (Wildman–Crippen LogP) is 4.43. The Morgan fingerprint density at radius 2 is 1.81 bits per heavy atom. The summed E-state index contributed by atoms with van der Waals surface area (Å²) < 4.78 is 0. The molecular formula is C19H17Cl2N3O2. The third-order valence-electron chi connectivity index (χ3n) is 4.50. The molecule has 1 fully saturated rings. The van der Waals surface area contributed by atoms with Crippen LogP contribution in [0, 0.1) is 17.2 Å². The van der Waals surface area contributed by atoms with Gasteiger partial charge in [0, 0.05) is 29.1 Å². The normalized spacial score (nSPS) is 14.7. The van der Waals surface area contributed by atoms with Gasteiger partial charge in [0.2, 0.25) is 5.91 Å². The van der Waals surface area contributed by atoms with Gasteiger partial charge in [-0.2, -0.15) is 5.26 Å². The Morgan fingerprint density at radius 1 is 1.15 bits per heavy atom. The molecule has 0 radical (unpaired) electrons. The number of anilines is 2. The Labute approximate surface area is 161 Å². The van der Waals surface area contributed by atoms with Gasteiger partial charge in [0.15, 0.2) is 0 Å². The number of hydrogen-bond acceptors (Lipinski definition) is 4. The van der Waals surface area contributed by atoms with E-state index < -0.39 is 0 Å². The Bertz CT molecular complexity index is 872. The number of phenols is 1. The van der Waals surface area contributed by atoms with Crippen LogP contribution in [0.15, 0.2) is 36.4 Å². The van der Waals surface area contributed by atoms with Crippen molar-refractivity contribution in [3.8, 4) is 11.8 Å². The van der Waals surface area contributed by atoms with E-state index >= 15 is 0 Å². The van der Waals surface area contributed by atoms with Crippen molar-refractivity contribution in [2.45, 2.75) is 12.8 Å². The highest BCUT2D eigenvalue weighted by Gasteiger charge is 2.26. The molecule has 0 unspecified atom stereocenters. The quantitative estimate of drug-likeness (QED) is 0.761. The number of aromatic hydroxyl groups is 1. The monoisotopic (exact) mass is 389 g/mol. The minimum atomic E-state index is -0.164. The summed E-state index contributed by atoms with van der Waals surface area (Å²) in [6.07, 6.45) is 1.31. The second kappa shape index (κ2) is 7.86. The second-order valence-electron chi connectivity index (χ2n) is 6.19. The third-order valence-corrected chi connectivity index (χ3v) is 4.97. The Hall–Kier alpha value is -2.42. The van der Waals surface area contributed by atoms with E-state index in [0.29, 0.717) is 47.2 Å². The zero-order chi connectivity index (χ0) is 18.7. The fourth-order valence-electron chi connectivity index (χ4n) is 3.10. The van der Waals surface area contributed by atoms with E-state index in [1.165, 1.54) is 12.1 Å². The van der Waals surface area contributed by atoms with E-state index in [-0.39, 0.29) is 17.6 Å². The Kier molecular flexibility index (Phi) is 5.55. The maximum atomic E-state index is 12.5. The zero-order valence-corrected chi connectivity index (χ0v) is 15.4. The SMILES string of the molecule is N#Cc1cc(Cl)ccc1N1CCC(C(=O)Nc2cc(Cl)ccc2O)CC1. The number of nitrogens with one attached hydrogen (secondary N) is 1. The van der Waals surface area contributed by atoms with Crippen LogP contribution in [0.4, 0.5) is 11.4 Å². The minimum Gasteiger partial charge on any atom is -0.506 e. The number of nitrogens with zero attached hydrogens (tertiary/aromatic N) is 2. The number of rotatable bonds is 3. The molecule has 0 atom stereocenters. The molecule has 1 aliphatic rings. The summed E-state index contributed by atoms with van der Waals surface area (Å²) in [5.41, 5.74) is 1.68. The summed E-state index contributed by atoms with van der Waals surface area (Å²) in [6.45, 7) is 1.33. The van der Waals surface area contributed by atoms with E-state index in [4.69, 9.17) is 23.2 Å². The molecule has 0 saturated carbocycles. The van der Waals surface area contributed by atoms with Gasteiger partial charge in [-0.25, -0.2) is 0 Å². The number of benzene rings is 2. The van der Waals surface area contributed by atoms with Crippen molar-refractivity contribution in [3.63, 3.8) is 0 Å². The second-order valence-corrected chi connectivity index (χ2v) is 7.06. The van der Waals surface area contributed by atoms with Gasteiger partial charge in [0.05, 0.1) is 16.9 Å².